The predicted octanol–water partition coefficient (Wildman–Crippen LogP) is 2.09. The minimum atomic E-state index is -1.11. The van der Waals surface area contributed by atoms with Gasteiger partial charge in [-0.2, -0.15) is 0 Å². The van der Waals surface area contributed by atoms with Gasteiger partial charge in [0.25, 0.3) is 0 Å². The van der Waals surface area contributed by atoms with Gasteiger partial charge in [-0.05, 0) is 25.5 Å². The summed E-state index contributed by atoms with van der Waals surface area (Å²) >= 11 is 0. The van der Waals surface area contributed by atoms with Gasteiger partial charge in [-0.25, -0.2) is 4.39 Å². The molecule has 3 heteroatoms. The van der Waals surface area contributed by atoms with Crippen molar-refractivity contribution in [2.24, 2.45) is 0 Å². The molecule has 0 aliphatic heterocycles. The van der Waals surface area contributed by atoms with E-state index < -0.39 is 17.7 Å². The fourth-order valence-electron chi connectivity index (χ4n) is 1.19. The van der Waals surface area contributed by atoms with Crippen molar-refractivity contribution in [2.45, 2.75) is 26.4 Å². The Bertz CT molecular complexity index is 347. The zero-order valence-electron chi connectivity index (χ0n) is 8.25. The fraction of sp³-hybridized carbons (Fsp3) is 0.364. The lowest BCUT2D eigenvalue weighted by atomic mass is 10.0. The van der Waals surface area contributed by atoms with Gasteiger partial charge >= 0.3 is 0 Å². The first kappa shape index (κ1) is 10.9. The monoisotopic (exact) mass is 196 g/mol. The summed E-state index contributed by atoms with van der Waals surface area (Å²) < 4.78 is 13.2. The molecular formula is C11H13FO2. The van der Waals surface area contributed by atoms with Crippen molar-refractivity contribution < 1.29 is 14.3 Å². The van der Waals surface area contributed by atoms with Gasteiger partial charge in [0.05, 0.1) is 5.56 Å². The van der Waals surface area contributed by atoms with Crippen molar-refractivity contribution in [3.63, 3.8) is 0 Å². The van der Waals surface area contributed by atoms with Crippen LogP contribution in [0.5, 0.6) is 0 Å². The second-order valence-electron chi connectivity index (χ2n) is 3.27. The molecule has 1 atom stereocenters. The number of hydrogen-bond donors (Lipinski definition) is 1. The van der Waals surface area contributed by atoms with Crippen LogP contribution in [-0.2, 0) is 0 Å². The number of aliphatic hydroxyl groups is 1. The number of benzene rings is 1. The smallest absolute Gasteiger partial charge is 0.194 e. The van der Waals surface area contributed by atoms with Crippen LogP contribution in [0.15, 0.2) is 18.2 Å². The molecule has 0 aromatic heterocycles. The van der Waals surface area contributed by atoms with Crippen molar-refractivity contribution in [2.75, 3.05) is 0 Å². The van der Waals surface area contributed by atoms with Crippen LogP contribution >= 0.6 is 0 Å². The van der Waals surface area contributed by atoms with Crippen LogP contribution in [0.25, 0.3) is 0 Å². The van der Waals surface area contributed by atoms with Crippen LogP contribution in [0.4, 0.5) is 4.39 Å². The van der Waals surface area contributed by atoms with E-state index in [-0.39, 0.29) is 5.56 Å². The molecular weight excluding hydrogens is 183 g/mol. The molecule has 76 valence electrons. The highest BCUT2D eigenvalue weighted by molar-refractivity contribution is 5.99. The van der Waals surface area contributed by atoms with Crippen LogP contribution in [0.3, 0.4) is 0 Å². The summed E-state index contributed by atoms with van der Waals surface area (Å²) in [6.07, 6.45) is -0.807. The van der Waals surface area contributed by atoms with E-state index in [2.05, 4.69) is 0 Å². The van der Waals surface area contributed by atoms with E-state index >= 15 is 0 Å². The summed E-state index contributed by atoms with van der Waals surface area (Å²) in [6, 6.07) is 4.28. The number of aryl methyl sites for hydroxylation is 1. The molecule has 0 bridgehead atoms. The number of rotatable bonds is 3. The summed E-state index contributed by atoms with van der Waals surface area (Å²) in [5.41, 5.74) is 0.775. The predicted molar refractivity (Wildman–Crippen MR) is 51.8 cm³/mol. The van der Waals surface area contributed by atoms with Crippen LogP contribution in [0.1, 0.15) is 29.3 Å². The molecule has 0 aliphatic rings. The highest BCUT2D eigenvalue weighted by atomic mass is 19.1. The molecule has 0 spiro atoms. The van der Waals surface area contributed by atoms with Gasteiger partial charge in [-0.1, -0.05) is 18.6 Å². The molecule has 0 saturated heterocycles. The second-order valence-corrected chi connectivity index (χ2v) is 3.27. The summed E-state index contributed by atoms with van der Waals surface area (Å²) in [5.74, 6) is -1.12. The Kier molecular flexibility index (Phi) is 3.36. The maximum absolute atomic E-state index is 13.2. The molecule has 14 heavy (non-hydrogen) atoms. The van der Waals surface area contributed by atoms with Crippen molar-refractivity contribution in [1.82, 2.24) is 0 Å². The van der Waals surface area contributed by atoms with E-state index in [0.717, 1.165) is 5.56 Å². The maximum atomic E-state index is 13.2. The minimum Gasteiger partial charge on any atom is -0.385 e. The SMILES string of the molecule is CCC(O)C(=O)c1cc(C)ccc1F. The first-order valence-corrected chi connectivity index (χ1v) is 4.54. The molecule has 1 aromatic rings. The topological polar surface area (TPSA) is 37.3 Å². The number of hydrogen-bond acceptors (Lipinski definition) is 2. The van der Waals surface area contributed by atoms with Gasteiger partial charge in [0.15, 0.2) is 5.78 Å². The summed E-state index contributed by atoms with van der Waals surface area (Å²) in [6.45, 7) is 3.45. The zero-order valence-corrected chi connectivity index (χ0v) is 8.25. The average Bonchev–Trinajstić information content (AvgIpc) is 2.19. The van der Waals surface area contributed by atoms with Gasteiger partial charge in [-0.15, -0.1) is 0 Å². The van der Waals surface area contributed by atoms with Crippen LogP contribution < -0.4 is 0 Å². The molecule has 1 aromatic carbocycles. The normalized spacial score (nSPS) is 12.6. The number of Topliss-reactive ketones (excluding diaryl/α,β-unsaturated/α-hetero) is 1. The van der Waals surface area contributed by atoms with E-state index in [4.69, 9.17) is 0 Å². The standard InChI is InChI=1S/C11H13FO2/c1-3-10(13)11(14)8-6-7(2)4-5-9(8)12/h4-6,10,13H,3H2,1-2H3. The van der Waals surface area contributed by atoms with E-state index in [1.54, 1.807) is 19.9 Å². The second kappa shape index (κ2) is 4.33. The van der Waals surface area contributed by atoms with Gasteiger partial charge in [0, 0.05) is 0 Å². The minimum absolute atomic E-state index is 0.0284. The molecule has 0 radical (unpaired) electrons. The van der Waals surface area contributed by atoms with Gasteiger partial charge in [0.2, 0.25) is 0 Å². The third-order valence-electron chi connectivity index (χ3n) is 2.08. The molecule has 0 amide bonds. The van der Waals surface area contributed by atoms with Crippen molar-refractivity contribution >= 4 is 5.78 Å². The maximum Gasteiger partial charge on any atom is 0.194 e. The molecule has 1 rings (SSSR count). The number of ketones is 1. The Morgan fingerprint density at radius 3 is 2.79 bits per heavy atom. The lowest BCUT2D eigenvalue weighted by Crippen LogP contribution is -2.20. The molecule has 0 saturated carbocycles. The van der Waals surface area contributed by atoms with Crippen LogP contribution in [0.2, 0.25) is 0 Å². The summed E-state index contributed by atoms with van der Waals surface area (Å²) in [7, 11) is 0. The van der Waals surface area contributed by atoms with Gasteiger partial charge < -0.3 is 5.11 Å². The third-order valence-corrected chi connectivity index (χ3v) is 2.08. The number of halogens is 1. The number of aliphatic hydroxyl groups excluding tert-OH is 1. The van der Waals surface area contributed by atoms with Crippen molar-refractivity contribution in [3.05, 3.63) is 35.1 Å². The molecule has 0 aliphatic carbocycles. The van der Waals surface area contributed by atoms with Gasteiger partial charge in [0.1, 0.15) is 11.9 Å². The first-order chi connectivity index (χ1) is 6.56. The molecule has 0 heterocycles. The first-order valence-electron chi connectivity index (χ1n) is 4.54. The highest BCUT2D eigenvalue weighted by Gasteiger charge is 2.18. The van der Waals surface area contributed by atoms with E-state index in [1.165, 1.54) is 12.1 Å². The molecule has 2 nitrogen and oxygen atoms in total. The largest absolute Gasteiger partial charge is 0.385 e. The fourth-order valence-corrected chi connectivity index (χ4v) is 1.19. The van der Waals surface area contributed by atoms with E-state index in [0.29, 0.717) is 6.42 Å². The Labute approximate surface area is 82.4 Å². The zero-order chi connectivity index (χ0) is 10.7. The highest BCUT2D eigenvalue weighted by Crippen LogP contribution is 2.13. The van der Waals surface area contributed by atoms with Crippen LogP contribution in [0, 0.1) is 12.7 Å². The lowest BCUT2D eigenvalue weighted by molar-refractivity contribution is 0.0736. The summed E-state index contributed by atoms with van der Waals surface area (Å²) in [4.78, 5) is 11.5. The lowest BCUT2D eigenvalue weighted by Gasteiger charge is -2.07. The quantitative estimate of drug-likeness (QED) is 0.751. The molecule has 1 N–H and O–H groups in total. The Balaban J connectivity index is 3.06. The molecule has 1 unspecified atom stereocenters. The van der Waals surface area contributed by atoms with E-state index in [9.17, 15) is 14.3 Å². The van der Waals surface area contributed by atoms with Crippen molar-refractivity contribution in [1.29, 1.82) is 0 Å². The van der Waals surface area contributed by atoms with E-state index in [1.807, 2.05) is 0 Å². The number of carbonyl (C=O) groups is 1. The van der Waals surface area contributed by atoms with Crippen LogP contribution in [-0.4, -0.2) is 17.0 Å². The Morgan fingerprint density at radius 1 is 1.57 bits per heavy atom. The number of carbonyl (C=O) groups excluding carboxylic acids is 1. The Morgan fingerprint density at radius 2 is 2.21 bits per heavy atom. The average molecular weight is 196 g/mol. The van der Waals surface area contributed by atoms with Crippen molar-refractivity contribution in [3.8, 4) is 0 Å². The third kappa shape index (κ3) is 2.17. The Hall–Kier alpha value is -1.22. The van der Waals surface area contributed by atoms with Gasteiger partial charge in [-0.3, -0.25) is 4.79 Å². The molecule has 0 fully saturated rings. The summed E-state index contributed by atoms with van der Waals surface area (Å²) in [5, 5.41) is 9.28.